The lowest BCUT2D eigenvalue weighted by atomic mass is 9.97. The first-order valence-electron chi connectivity index (χ1n) is 7.16. The van der Waals surface area contributed by atoms with Gasteiger partial charge in [-0.15, -0.1) is 0 Å². The van der Waals surface area contributed by atoms with Gasteiger partial charge in [-0.05, 0) is 18.1 Å². The molecule has 1 fully saturated rings. The molecule has 2 unspecified atom stereocenters. The molecule has 3 rings (SSSR count). The second kappa shape index (κ2) is 6.10. The summed E-state index contributed by atoms with van der Waals surface area (Å²) in [5.74, 6) is 0.244. The van der Waals surface area contributed by atoms with Crippen molar-refractivity contribution in [3.05, 3.63) is 46.7 Å². The molecule has 1 aromatic carbocycles. The smallest absolute Gasteiger partial charge is 0.391 e. The number of rotatable bonds is 2. The molecule has 24 heavy (non-hydrogen) atoms. The molecule has 1 aliphatic heterocycles. The molecule has 2 aromatic rings. The van der Waals surface area contributed by atoms with Crippen LogP contribution in [0.15, 0.2) is 30.6 Å². The number of anilines is 2. The van der Waals surface area contributed by atoms with Crippen LogP contribution in [0.3, 0.4) is 0 Å². The lowest BCUT2D eigenvalue weighted by molar-refractivity contribution is -0.138. The van der Waals surface area contributed by atoms with Crippen LogP contribution in [0.2, 0.25) is 5.02 Å². The standard InChI is InChI=1S/C15H14ClF3N4O/c16-12-13(20)21-7-22-14(12)23-6-8(24)5-11(23)9-3-1-2-4-10(9)15(17,18)19/h1-4,7-8,11,24H,5-6H2,(H2,20,21,22). The number of alkyl halides is 3. The van der Waals surface area contributed by atoms with Crippen molar-refractivity contribution < 1.29 is 18.3 Å². The summed E-state index contributed by atoms with van der Waals surface area (Å²) in [6.45, 7) is 0.104. The van der Waals surface area contributed by atoms with E-state index in [0.717, 1.165) is 6.07 Å². The number of benzene rings is 1. The summed E-state index contributed by atoms with van der Waals surface area (Å²) in [7, 11) is 0. The molecule has 3 N–H and O–H groups in total. The number of hydrogen-bond donors (Lipinski definition) is 2. The molecule has 0 saturated carbocycles. The van der Waals surface area contributed by atoms with Crippen molar-refractivity contribution in [2.75, 3.05) is 17.2 Å². The van der Waals surface area contributed by atoms with Crippen LogP contribution in [0.25, 0.3) is 0 Å². The summed E-state index contributed by atoms with van der Waals surface area (Å²) in [6, 6.07) is 4.57. The molecule has 0 amide bonds. The number of halogens is 4. The Morgan fingerprint density at radius 2 is 1.96 bits per heavy atom. The molecule has 2 atom stereocenters. The summed E-state index contributed by atoms with van der Waals surface area (Å²) < 4.78 is 40.0. The Hall–Kier alpha value is -2.06. The third kappa shape index (κ3) is 2.99. The molecule has 0 spiro atoms. The molecule has 0 bridgehead atoms. The first-order chi connectivity index (χ1) is 11.3. The van der Waals surface area contributed by atoms with Gasteiger partial charge in [0.25, 0.3) is 0 Å². The van der Waals surface area contributed by atoms with Gasteiger partial charge >= 0.3 is 6.18 Å². The Bertz CT molecular complexity index is 756. The monoisotopic (exact) mass is 358 g/mol. The van der Waals surface area contributed by atoms with Crippen molar-refractivity contribution in [2.45, 2.75) is 24.7 Å². The highest BCUT2D eigenvalue weighted by molar-refractivity contribution is 6.35. The van der Waals surface area contributed by atoms with Crippen LogP contribution in [0.4, 0.5) is 24.8 Å². The molecule has 0 aliphatic carbocycles. The Labute approximate surface area is 140 Å². The first-order valence-corrected chi connectivity index (χ1v) is 7.53. The minimum absolute atomic E-state index is 0.0333. The minimum atomic E-state index is -4.50. The summed E-state index contributed by atoms with van der Waals surface area (Å²) >= 11 is 6.11. The lowest BCUT2D eigenvalue weighted by Crippen LogP contribution is -2.27. The average molecular weight is 359 g/mol. The maximum absolute atomic E-state index is 13.3. The fourth-order valence-corrected chi connectivity index (χ4v) is 3.17. The van der Waals surface area contributed by atoms with Gasteiger partial charge in [-0.2, -0.15) is 13.2 Å². The molecule has 1 aromatic heterocycles. The van der Waals surface area contributed by atoms with Gasteiger partial charge in [-0.1, -0.05) is 29.8 Å². The molecule has 5 nitrogen and oxygen atoms in total. The number of hydrogen-bond acceptors (Lipinski definition) is 5. The van der Waals surface area contributed by atoms with Crippen molar-refractivity contribution in [2.24, 2.45) is 0 Å². The quantitative estimate of drug-likeness (QED) is 0.863. The number of nitrogens with zero attached hydrogens (tertiary/aromatic N) is 3. The number of aliphatic hydroxyl groups excluding tert-OH is 1. The van der Waals surface area contributed by atoms with Gasteiger partial charge in [0.15, 0.2) is 5.82 Å². The average Bonchev–Trinajstić information content (AvgIpc) is 2.91. The zero-order valence-corrected chi connectivity index (χ0v) is 13.1. The predicted octanol–water partition coefficient (Wildman–Crippen LogP) is 3.04. The van der Waals surface area contributed by atoms with Crippen LogP contribution in [0.1, 0.15) is 23.6 Å². The van der Waals surface area contributed by atoms with E-state index in [4.69, 9.17) is 17.3 Å². The highest BCUT2D eigenvalue weighted by Gasteiger charge is 2.40. The van der Waals surface area contributed by atoms with E-state index in [1.54, 1.807) is 0 Å². The third-order valence-corrected chi connectivity index (χ3v) is 4.34. The molecule has 2 heterocycles. The molecular formula is C15H14ClF3N4O. The Morgan fingerprint density at radius 3 is 2.67 bits per heavy atom. The van der Waals surface area contributed by atoms with Crippen molar-refractivity contribution in [1.29, 1.82) is 0 Å². The van der Waals surface area contributed by atoms with E-state index in [2.05, 4.69) is 9.97 Å². The molecule has 1 saturated heterocycles. The lowest BCUT2D eigenvalue weighted by Gasteiger charge is -2.28. The van der Waals surface area contributed by atoms with Gasteiger partial charge in [0.1, 0.15) is 17.2 Å². The number of nitrogen functional groups attached to an aromatic ring is 1. The SMILES string of the molecule is Nc1ncnc(N2CC(O)CC2c2ccccc2C(F)(F)F)c1Cl. The number of nitrogens with two attached hydrogens (primary N) is 1. The third-order valence-electron chi connectivity index (χ3n) is 3.97. The number of aliphatic hydroxyl groups is 1. The van der Waals surface area contributed by atoms with Gasteiger partial charge in [0, 0.05) is 6.54 Å². The molecule has 1 aliphatic rings. The van der Waals surface area contributed by atoms with Crippen LogP contribution in [0.5, 0.6) is 0 Å². The van der Waals surface area contributed by atoms with Crippen molar-refractivity contribution in [3.63, 3.8) is 0 Å². The highest BCUT2D eigenvalue weighted by atomic mass is 35.5. The molecule has 128 valence electrons. The topological polar surface area (TPSA) is 75.3 Å². The maximum atomic E-state index is 13.3. The van der Waals surface area contributed by atoms with E-state index >= 15 is 0 Å². The predicted molar refractivity (Wildman–Crippen MR) is 83.6 cm³/mol. The van der Waals surface area contributed by atoms with Gasteiger partial charge in [0.05, 0.1) is 17.7 Å². The van der Waals surface area contributed by atoms with E-state index in [0.29, 0.717) is 0 Å². The second-order valence-electron chi connectivity index (χ2n) is 5.54. The van der Waals surface area contributed by atoms with Crippen molar-refractivity contribution >= 4 is 23.2 Å². The van der Waals surface area contributed by atoms with Crippen LogP contribution in [-0.4, -0.2) is 27.7 Å². The maximum Gasteiger partial charge on any atom is 0.416 e. The zero-order chi connectivity index (χ0) is 17.5. The molecule has 9 heteroatoms. The zero-order valence-electron chi connectivity index (χ0n) is 12.3. The van der Waals surface area contributed by atoms with E-state index < -0.39 is 23.9 Å². The second-order valence-corrected chi connectivity index (χ2v) is 5.92. The Kier molecular flexibility index (Phi) is 4.27. The summed E-state index contributed by atoms with van der Waals surface area (Å²) in [4.78, 5) is 9.32. The largest absolute Gasteiger partial charge is 0.416 e. The van der Waals surface area contributed by atoms with Crippen LogP contribution < -0.4 is 10.6 Å². The van der Waals surface area contributed by atoms with Gasteiger partial charge in [-0.3, -0.25) is 0 Å². The van der Waals surface area contributed by atoms with Crippen molar-refractivity contribution in [1.82, 2.24) is 9.97 Å². The normalized spacial score (nSPS) is 21.3. The van der Waals surface area contributed by atoms with Crippen LogP contribution in [0, 0.1) is 0 Å². The molecular weight excluding hydrogens is 345 g/mol. The van der Waals surface area contributed by atoms with E-state index in [-0.39, 0.29) is 35.2 Å². The molecule has 0 radical (unpaired) electrons. The summed E-state index contributed by atoms with van der Waals surface area (Å²) in [5, 5.41) is 10.1. The minimum Gasteiger partial charge on any atom is -0.391 e. The Balaban J connectivity index is 2.09. The fourth-order valence-electron chi connectivity index (χ4n) is 2.96. The fraction of sp³-hybridized carbons (Fsp3) is 0.333. The van der Waals surface area contributed by atoms with Gasteiger partial charge in [-0.25, -0.2) is 9.97 Å². The van der Waals surface area contributed by atoms with E-state index in [1.165, 1.54) is 29.4 Å². The number of β-amino-alcohol motifs (C(OH)–C–C–N with tert-alkyl or cyclic N) is 1. The van der Waals surface area contributed by atoms with Gasteiger partial charge < -0.3 is 15.7 Å². The van der Waals surface area contributed by atoms with E-state index in [9.17, 15) is 18.3 Å². The Morgan fingerprint density at radius 1 is 1.25 bits per heavy atom. The van der Waals surface area contributed by atoms with Gasteiger partial charge in [0.2, 0.25) is 0 Å². The summed E-state index contributed by atoms with van der Waals surface area (Å²) in [6.07, 6.45) is -3.98. The van der Waals surface area contributed by atoms with Crippen LogP contribution >= 0.6 is 11.6 Å². The van der Waals surface area contributed by atoms with E-state index in [1.807, 2.05) is 0 Å². The first kappa shape index (κ1) is 16.8. The van der Waals surface area contributed by atoms with Crippen molar-refractivity contribution in [3.8, 4) is 0 Å². The highest BCUT2D eigenvalue weighted by Crippen LogP contribution is 2.43. The number of aromatic nitrogens is 2. The van der Waals surface area contributed by atoms with Crippen LogP contribution in [-0.2, 0) is 6.18 Å². The summed E-state index contributed by atoms with van der Waals surface area (Å²) in [5.41, 5.74) is 4.98.